The lowest BCUT2D eigenvalue weighted by atomic mass is 9.72. The van der Waals surface area contributed by atoms with E-state index < -0.39 is 0 Å². The molecular weight excluding hydrogens is 162 g/mol. The third kappa shape index (κ3) is 2.71. The molecule has 0 aromatic rings. The molecule has 2 nitrogen and oxygen atoms in total. The van der Waals surface area contributed by atoms with Crippen LogP contribution in [-0.2, 0) is 0 Å². The van der Waals surface area contributed by atoms with E-state index in [4.69, 9.17) is 5.21 Å². The zero-order valence-electron chi connectivity index (χ0n) is 9.76. The summed E-state index contributed by atoms with van der Waals surface area (Å²) in [4.78, 5) is 0. The Hall–Kier alpha value is -0.530. The molecule has 0 bridgehead atoms. The summed E-state index contributed by atoms with van der Waals surface area (Å²) >= 11 is 0. The molecule has 1 unspecified atom stereocenters. The lowest BCUT2D eigenvalue weighted by molar-refractivity contribution is 0.282. The van der Waals surface area contributed by atoms with E-state index in [2.05, 4.69) is 46.7 Å². The first-order valence-electron chi connectivity index (χ1n) is 5.10. The Morgan fingerprint density at radius 1 is 1.31 bits per heavy atom. The Morgan fingerprint density at radius 3 is 2.00 bits per heavy atom. The summed E-state index contributed by atoms with van der Waals surface area (Å²) in [6.07, 6.45) is 1.02. The molecule has 0 saturated heterocycles. The fourth-order valence-corrected chi connectivity index (χ4v) is 1.35. The van der Waals surface area contributed by atoms with Crippen LogP contribution in [0.2, 0.25) is 0 Å². The first-order chi connectivity index (χ1) is 5.87. The number of hydrogen-bond donors (Lipinski definition) is 1. The molecule has 0 aliphatic heterocycles. The molecule has 1 N–H and O–H groups in total. The Balaban J connectivity index is 4.78. The van der Waals surface area contributed by atoms with Gasteiger partial charge in [-0.1, -0.05) is 46.7 Å². The molecule has 0 heterocycles. The monoisotopic (exact) mass is 185 g/mol. The second-order valence-corrected chi connectivity index (χ2v) is 4.67. The van der Waals surface area contributed by atoms with E-state index in [1.54, 1.807) is 0 Å². The number of hydrogen-bond acceptors (Lipinski definition) is 2. The van der Waals surface area contributed by atoms with Gasteiger partial charge in [0, 0.05) is 5.41 Å². The van der Waals surface area contributed by atoms with Gasteiger partial charge in [-0.2, -0.15) is 0 Å². The summed E-state index contributed by atoms with van der Waals surface area (Å²) in [5.41, 5.74) is 0.912. The van der Waals surface area contributed by atoms with Crippen molar-refractivity contribution in [1.82, 2.24) is 0 Å². The van der Waals surface area contributed by atoms with Crippen LogP contribution >= 0.6 is 0 Å². The summed E-state index contributed by atoms with van der Waals surface area (Å²) in [6, 6.07) is 0. The molecule has 0 radical (unpaired) electrons. The van der Waals surface area contributed by atoms with Gasteiger partial charge in [0.25, 0.3) is 0 Å². The zero-order valence-corrected chi connectivity index (χ0v) is 9.76. The molecule has 0 aromatic carbocycles. The Kier molecular flexibility index (Phi) is 4.45. The lowest BCUT2D eigenvalue weighted by Crippen LogP contribution is -2.34. The van der Waals surface area contributed by atoms with E-state index in [1.165, 1.54) is 0 Å². The van der Waals surface area contributed by atoms with Crippen molar-refractivity contribution in [2.45, 2.75) is 48.0 Å². The van der Waals surface area contributed by atoms with Crippen molar-refractivity contribution < 1.29 is 5.21 Å². The first kappa shape index (κ1) is 12.5. The largest absolute Gasteiger partial charge is 0.411 e. The van der Waals surface area contributed by atoms with Crippen LogP contribution in [0, 0.1) is 17.3 Å². The fraction of sp³-hybridized carbons (Fsp3) is 0.909. The van der Waals surface area contributed by atoms with Gasteiger partial charge in [-0.05, 0) is 18.3 Å². The van der Waals surface area contributed by atoms with Crippen molar-refractivity contribution >= 4 is 5.71 Å². The van der Waals surface area contributed by atoms with E-state index in [-0.39, 0.29) is 5.41 Å². The van der Waals surface area contributed by atoms with E-state index in [9.17, 15) is 0 Å². The third-order valence-corrected chi connectivity index (χ3v) is 3.29. The number of rotatable bonds is 4. The van der Waals surface area contributed by atoms with Gasteiger partial charge in [0.1, 0.15) is 0 Å². The molecule has 1 atom stereocenters. The minimum atomic E-state index is -0.00975. The maximum absolute atomic E-state index is 9.00. The molecule has 0 aliphatic carbocycles. The van der Waals surface area contributed by atoms with Crippen LogP contribution in [0.1, 0.15) is 48.0 Å². The highest BCUT2D eigenvalue weighted by atomic mass is 16.4. The minimum absolute atomic E-state index is 0.00975. The predicted octanol–water partition coefficient (Wildman–Crippen LogP) is 3.54. The van der Waals surface area contributed by atoms with Gasteiger partial charge in [0.05, 0.1) is 5.71 Å². The van der Waals surface area contributed by atoms with Crippen molar-refractivity contribution in [3.8, 4) is 0 Å². The minimum Gasteiger partial charge on any atom is -0.411 e. The fourth-order valence-electron chi connectivity index (χ4n) is 1.35. The van der Waals surface area contributed by atoms with Gasteiger partial charge in [0.2, 0.25) is 0 Å². The first-order valence-corrected chi connectivity index (χ1v) is 5.10. The molecule has 0 rings (SSSR count). The topological polar surface area (TPSA) is 32.6 Å². The summed E-state index contributed by atoms with van der Waals surface area (Å²) in [5.74, 6) is 0.856. The average Bonchev–Trinajstić information content (AvgIpc) is 2.04. The second-order valence-electron chi connectivity index (χ2n) is 4.67. The summed E-state index contributed by atoms with van der Waals surface area (Å²) in [6.45, 7) is 12.8. The standard InChI is InChI=1S/C11H23NO/c1-7-9(4)10(12-13)11(5,6)8(2)3/h8-9,13H,7H2,1-6H3. The number of oxime groups is 1. The molecule has 0 saturated carbocycles. The Morgan fingerprint density at radius 2 is 1.77 bits per heavy atom. The van der Waals surface area contributed by atoms with Gasteiger partial charge in [-0.25, -0.2) is 0 Å². The SMILES string of the molecule is CCC(C)C(=NO)C(C)(C)C(C)C. The maximum atomic E-state index is 9.00. The van der Waals surface area contributed by atoms with Crippen LogP contribution in [0.5, 0.6) is 0 Å². The van der Waals surface area contributed by atoms with Crippen LogP contribution in [-0.4, -0.2) is 10.9 Å². The van der Waals surface area contributed by atoms with E-state index in [1.807, 2.05) is 0 Å². The van der Waals surface area contributed by atoms with Crippen molar-refractivity contribution in [1.29, 1.82) is 0 Å². The van der Waals surface area contributed by atoms with Crippen molar-refractivity contribution in [3.63, 3.8) is 0 Å². The zero-order chi connectivity index (χ0) is 10.6. The summed E-state index contributed by atoms with van der Waals surface area (Å²) < 4.78 is 0. The highest BCUT2D eigenvalue weighted by molar-refractivity contribution is 5.91. The molecular formula is C11H23NO. The highest BCUT2D eigenvalue weighted by Gasteiger charge is 2.32. The van der Waals surface area contributed by atoms with Gasteiger partial charge in [-0.15, -0.1) is 0 Å². The molecule has 0 amide bonds. The van der Waals surface area contributed by atoms with Gasteiger partial charge < -0.3 is 5.21 Å². The maximum Gasteiger partial charge on any atom is 0.0657 e. The Labute approximate surface area is 82.0 Å². The molecule has 0 aromatic heterocycles. The third-order valence-electron chi connectivity index (χ3n) is 3.29. The summed E-state index contributed by atoms with van der Waals surface area (Å²) in [7, 11) is 0. The summed E-state index contributed by atoms with van der Waals surface area (Å²) in [5, 5.41) is 12.5. The predicted molar refractivity (Wildman–Crippen MR) is 57.3 cm³/mol. The van der Waals surface area contributed by atoms with E-state index >= 15 is 0 Å². The average molecular weight is 185 g/mol. The molecule has 13 heavy (non-hydrogen) atoms. The van der Waals surface area contributed by atoms with Crippen LogP contribution in [0.15, 0.2) is 5.16 Å². The molecule has 2 heteroatoms. The smallest absolute Gasteiger partial charge is 0.0657 e. The van der Waals surface area contributed by atoms with E-state index in [0.717, 1.165) is 12.1 Å². The molecule has 0 fully saturated rings. The van der Waals surface area contributed by atoms with Crippen molar-refractivity contribution in [2.75, 3.05) is 0 Å². The molecule has 0 aliphatic rings. The highest BCUT2D eigenvalue weighted by Crippen LogP contribution is 2.32. The van der Waals surface area contributed by atoms with Crippen LogP contribution in [0.3, 0.4) is 0 Å². The second kappa shape index (κ2) is 4.64. The molecule has 0 spiro atoms. The van der Waals surface area contributed by atoms with Crippen molar-refractivity contribution in [2.24, 2.45) is 22.4 Å². The van der Waals surface area contributed by atoms with Crippen LogP contribution in [0.4, 0.5) is 0 Å². The van der Waals surface area contributed by atoms with Crippen LogP contribution in [0.25, 0.3) is 0 Å². The van der Waals surface area contributed by atoms with Gasteiger partial charge >= 0.3 is 0 Å². The van der Waals surface area contributed by atoms with Gasteiger partial charge in [-0.3, -0.25) is 0 Å². The van der Waals surface area contributed by atoms with Crippen LogP contribution < -0.4 is 0 Å². The van der Waals surface area contributed by atoms with Crippen molar-refractivity contribution in [3.05, 3.63) is 0 Å². The lowest BCUT2D eigenvalue weighted by Gasteiger charge is -2.32. The quantitative estimate of drug-likeness (QED) is 0.405. The Bertz CT molecular complexity index is 183. The number of nitrogens with zero attached hydrogens (tertiary/aromatic N) is 1. The normalized spacial score (nSPS) is 16.4. The molecule has 78 valence electrons. The van der Waals surface area contributed by atoms with Gasteiger partial charge in [0.15, 0.2) is 0 Å². The van der Waals surface area contributed by atoms with E-state index in [0.29, 0.717) is 11.8 Å².